The van der Waals surface area contributed by atoms with Crippen molar-refractivity contribution in [2.75, 3.05) is 31.1 Å². The predicted molar refractivity (Wildman–Crippen MR) is 95.7 cm³/mol. The predicted octanol–water partition coefficient (Wildman–Crippen LogP) is 2.10. The number of anilines is 1. The zero-order valence-electron chi connectivity index (χ0n) is 14.8. The summed E-state index contributed by atoms with van der Waals surface area (Å²) in [5.74, 6) is -0.503. The van der Waals surface area contributed by atoms with E-state index in [4.69, 9.17) is 0 Å². The second-order valence-corrected chi connectivity index (χ2v) is 6.44. The van der Waals surface area contributed by atoms with Crippen LogP contribution in [0.25, 0.3) is 0 Å². The lowest BCUT2D eigenvalue weighted by Gasteiger charge is -2.36. The molecule has 1 aromatic heterocycles. The van der Waals surface area contributed by atoms with Gasteiger partial charge in [0.15, 0.2) is 0 Å². The van der Waals surface area contributed by atoms with Gasteiger partial charge in [-0.1, -0.05) is 12.1 Å². The average molecular weight is 343 g/mol. The minimum absolute atomic E-state index is 0.229. The molecule has 2 heterocycles. The van der Waals surface area contributed by atoms with Crippen LogP contribution in [0, 0.1) is 19.7 Å². The second-order valence-electron chi connectivity index (χ2n) is 6.44. The van der Waals surface area contributed by atoms with Crippen molar-refractivity contribution in [3.63, 3.8) is 0 Å². The van der Waals surface area contributed by atoms with E-state index in [2.05, 4.69) is 0 Å². The number of hydrogen-bond acceptors (Lipinski definition) is 3. The van der Waals surface area contributed by atoms with E-state index < -0.39 is 0 Å². The third-order valence-electron chi connectivity index (χ3n) is 4.84. The van der Waals surface area contributed by atoms with Crippen LogP contribution in [0.4, 0.5) is 10.1 Å². The SMILES string of the molecule is Cc1cc(C)n(C)c(=O)c1C(=O)N1CCN(c2ccccc2F)CC1. The van der Waals surface area contributed by atoms with Crippen LogP contribution in [0.5, 0.6) is 0 Å². The van der Waals surface area contributed by atoms with Crippen molar-refractivity contribution in [1.82, 2.24) is 9.47 Å². The molecule has 0 radical (unpaired) electrons. The molecule has 25 heavy (non-hydrogen) atoms. The van der Waals surface area contributed by atoms with Crippen molar-refractivity contribution in [3.05, 3.63) is 63.3 Å². The normalized spacial score (nSPS) is 14.7. The Bertz CT molecular complexity index is 867. The number of piperazine rings is 1. The van der Waals surface area contributed by atoms with Crippen LogP contribution in [0.3, 0.4) is 0 Å². The van der Waals surface area contributed by atoms with Gasteiger partial charge in [0.2, 0.25) is 0 Å². The first-order chi connectivity index (χ1) is 11.9. The van der Waals surface area contributed by atoms with Crippen molar-refractivity contribution < 1.29 is 9.18 Å². The summed E-state index contributed by atoms with van der Waals surface area (Å²) in [7, 11) is 1.67. The Morgan fingerprint density at radius 2 is 1.72 bits per heavy atom. The molecule has 0 bridgehead atoms. The highest BCUT2D eigenvalue weighted by Crippen LogP contribution is 2.21. The van der Waals surface area contributed by atoms with E-state index in [0.29, 0.717) is 37.4 Å². The van der Waals surface area contributed by atoms with Crippen molar-refractivity contribution in [1.29, 1.82) is 0 Å². The summed E-state index contributed by atoms with van der Waals surface area (Å²) in [5, 5.41) is 0. The van der Waals surface area contributed by atoms with Gasteiger partial charge in [-0.25, -0.2) is 4.39 Å². The summed E-state index contributed by atoms with van der Waals surface area (Å²) in [4.78, 5) is 28.9. The highest BCUT2D eigenvalue weighted by atomic mass is 19.1. The minimum atomic E-state index is -0.265. The van der Waals surface area contributed by atoms with Gasteiger partial charge in [0, 0.05) is 38.9 Å². The lowest BCUT2D eigenvalue weighted by atomic mass is 10.1. The number of para-hydroxylation sites is 1. The standard InChI is InChI=1S/C19H22FN3O2/c1-13-12-14(2)21(3)18(24)17(13)19(25)23-10-8-22(9-11-23)16-7-5-4-6-15(16)20/h4-7,12H,8-11H2,1-3H3. The molecule has 3 rings (SSSR count). The molecule has 1 fully saturated rings. The maximum absolute atomic E-state index is 13.9. The second kappa shape index (κ2) is 6.70. The zero-order chi connectivity index (χ0) is 18.1. The van der Waals surface area contributed by atoms with Gasteiger partial charge in [0.25, 0.3) is 11.5 Å². The molecular weight excluding hydrogens is 321 g/mol. The monoisotopic (exact) mass is 343 g/mol. The molecular formula is C19H22FN3O2. The Balaban J connectivity index is 1.78. The maximum atomic E-state index is 13.9. The Morgan fingerprint density at radius 1 is 1.08 bits per heavy atom. The Hall–Kier alpha value is -2.63. The summed E-state index contributed by atoms with van der Waals surface area (Å²) >= 11 is 0. The fraction of sp³-hybridized carbons (Fsp3) is 0.368. The molecule has 0 atom stereocenters. The average Bonchev–Trinajstić information content (AvgIpc) is 2.60. The molecule has 1 saturated heterocycles. The topological polar surface area (TPSA) is 45.6 Å². The molecule has 1 aromatic carbocycles. The maximum Gasteiger partial charge on any atom is 0.263 e. The number of aromatic nitrogens is 1. The number of pyridine rings is 1. The highest BCUT2D eigenvalue weighted by Gasteiger charge is 2.26. The molecule has 0 spiro atoms. The summed E-state index contributed by atoms with van der Waals surface area (Å²) in [6.45, 7) is 5.64. The molecule has 2 aromatic rings. The van der Waals surface area contributed by atoms with Crippen LogP contribution >= 0.6 is 0 Å². The van der Waals surface area contributed by atoms with E-state index in [0.717, 1.165) is 5.69 Å². The Kier molecular flexibility index (Phi) is 4.61. The van der Waals surface area contributed by atoms with Crippen molar-refractivity contribution in [2.45, 2.75) is 13.8 Å². The van der Waals surface area contributed by atoms with E-state index in [-0.39, 0.29) is 22.8 Å². The molecule has 6 heteroatoms. The molecule has 0 N–H and O–H groups in total. The van der Waals surface area contributed by atoms with Crippen molar-refractivity contribution >= 4 is 11.6 Å². The smallest absolute Gasteiger partial charge is 0.263 e. The van der Waals surface area contributed by atoms with Crippen molar-refractivity contribution in [3.8, 4) is 0 Å². The minimum Gasteiger partial charge on any atom is -0.366 e. The van der Waals surface area contributed by atoms with E-state index >= 15 is 0 Å². The Labute approximate surface area is 146 Å². The van der Waals surface area contributed by atoms with Crippen LogP contribution < -0.4 is 10.5 Å². The van der Waals surface area contributed by atoms with E-state index in [1.165, 1.54) is 10.6 Å². The Morgan fingerprint density at radius 3 is 2.36 bits per heavy atom. The summed E-state index contributed by atoms with van der Waals surface area (Å²) < 4.78 is 15.4. The van der Waals surface area contributed by atoms with Gasteiger partial charge in [-0.2, -0.15) is 0 Å². The summed E-state index contributed by atoms with van der Waals surface area (Å²) in [6.07, 6.45) is 0. The van der Waals surface area contributed by atoms with Gasteiger partial charge in [-0.3, -0.25) is 9.59 Å². The quantitative estimate of drug-likeness (QED) is 0.839. The summed E-state index contributed by atoms with van der Waals surface area (Å²) in [6, 6.07) is 8.49. The molecule has 1 aliphatic rings. The van der Waals surface area contributed by atoms with Gasteiger partial charge in [-0.05, 0) is 37.6 Å². The van der Waals surface area contributed by atoms with Gasteiger partial charge in [-0.15, -0.1) is 0 Å². The number of amides is 1. The number of rotatable bonds is 2. The van der Waals surface area contributed by atoms with Gasteiger partial charge < -0.3 is 14.4 Å². The van der Waals surface area contributed by atoms with Crippen LogP contribution in [-0.2, 0) is 7.05 Å². The fourth-order valence-corrected chi connectivity index (χ4v) is 3.26. The summed E-state index contributed by atoms with van der Waals surface area (Å²) in [5.41, 5.74) is 2.04. The van der Waals surface area contributed by atoms with E-state index in [9.17, 15) is 14.0 Å². The molecule has 0 unspecified atom stereocenters. The number of aryl methyl sites for hydroxylation is 2. The van der Waals surface area contributed by atoms with Crippen LogP contribution in [0.2, 0.25) is 0 Å². The number of carbonyl (C=O) groups is 1. The van der Waals surface area contributed by atoms with Crippen LogP contribution in [0.15, 0.2) is 35.1 Å². The van der Waals surface area contributed by atoms with Gasteiger partial charge in [0.05, 0.1) is 5.69 Å². The van der Waals surface area contributed by atoms with Gasteiger partial charge in [0.1, 0.15) is 11.4 Å². The lowest BCUT2D eigenvalue weighted by molar-refractivity contribution is 0.0743. The molecule has 5 nitrogen and oxygen atoms in total. The largest absolute Gasteiger partial charge is 0.366 e. The number of hydrogen-bond donors (Lipinski definition) is 0. The molecule has 132 valence electrons. The van der Waals surface area contributed by atoms with Gasteiger partial charge >= 0.3 is 0 Å². The number of carbonyl (C=O) groups excluding carboxylic acids is 1. The first-order valence-corrected chi connectivity index (χ1v) is 8.36. The van der Waals surface area contributed by atoms with Crippen molar-refractivity contribution in [2.24, 2.45) is 7.05 Å². The molecule has 0 aliphatic carbocycles. The first kappa shape index (κ1) is 17.2. The van der Waals surface area contributed by atoms with E-state index in [1.807, 2.05) is 17.9 Å². The number of nitrogens with zero attached hydrogens (tertiary/aromatic N) is 3. The zero-order valence-corrected chi connectivity index (χ0v) is 14.8. The lowest BCUT2D eigenvalue weighted by Crippen LogP contribution is -2.50. The number of benzene rings is 1. The van der Waals surface area contributed by atoms with Crippen LogP contribution in [0.1, 0.15) is 21.6 Å². The molecule has 1 aliphatic heterocycles. The highest BCUT2D eigenvalue weighted by molar-refractivity contribution is 5.95. The molecule has 0 saturated carbocycles. The van der Waals surface area contributed by atoms with E-state index in [1.54, 1.807) is 37.1 Å². The molecule has 1 amide bonds. The first-order valence-electron chi connectivity index (χ1n) is 8.36. The third kappa shape index (κ3) is 3.16. The fourth-order valence-electron chi connectivity index (χ4n) is 3.26. The third-order valence-corrected chi connectivity index (χ3v) is 4.84. The van der Waals surface area contributed by atoms with Crippen LogP contribution in [-0.4, -0.2) is 41.6 Å². The number of halogens is 1.